The van der Waals surface area contributed by atoms with E-state index in [9.17, 15) is 9.59 Å². The van der Waals surface area contributed by atoms with Crippen molar-refractivity contribution in [2.45, 2.75) is 13.0 Å². The third-order valence-corrected chi connectivity index (χ3v) is 3.31. The Hall–Kier alpha value is -3.02. The highest BCUT2D eigenvalue weighted by atomic mass is 16.6. The van der Waals surface area contributed by atoms with Gasteiger partial charge in [0.05, 0.1) is 18.8 Å². The summed E-state index contributed by atoms with van der Waals surface area (Å²) >= 11 is 0. The number of esters is 1. The monoisotopic (exact) mass is 314 g/mol. The molecule has 118 valence electrons. The predicted octanol–water partition coefficient (Wildman–Crippen LogP) is 2.99. The van der Waals surface area contributed by atoms with E-state index in [4.69, 9.17) is 13.6 Å². The zero-order valence-corrected chi connectivity index (χ0v) is 12.6. The number of rotatable bonds is 4. The van der Waals surface area contributed by atoms with Crippen LogP contribution in [0.25, 0.3) is 22.5 Å². The number of ether oxygens (including phenoxy) is 2. The van der Waals surface area contributed by atoms with Gasteiger partial charge in [0.1, 0.15) is 11.3 Å². The Morgan fingerprint density at radius 2 is 2.00 bits per heavy atom. The molecule has 0 fully saturated rings. The van der Waals surface area contributed by atoms with Gasteiger partial charge in [0.25, 0.3) is 0 Å². The Morgan fingerprint density at radius 1 is 1.17 bits per heavy atom. The maximum Gasteiger partial charge on any atom is 0.346 e. The number of hydrogen-bond donors (Lipinski definition) is 0. The van der Waals surface area contributed by atoms with Crippen molar-refractivity contribution in [3.63, 3.8) is 0 Å². The summed E-state index contributed by atoms with van der Waals surface area (Å²) < 4.78 is 21.0. The summed E-state index contributed by atoms with van der Waals surface area (Å²) in [6, 6.07) is 9.55. The molecule has 0 aliphatic carbocycles. The predicted molar refractivity (Wildman–Crippen MR) is 82.3 cm³/mol. The van der Waals surface area contributed by atoms with E-state index in [-0.39, 0.29) is 5.43 Å². The van der Waals surface area contributed by atoms with Crippen molar-refractivity contribution in [1.82, 2.24) is 0 Å². The van der Waals surface area contributed by atoms with Gasteiger partial charge in [-0.2, -0.15) is 0 Å². The fourth-order valence-corrected chi connectivity index (χ4v) is 2.17. The zero-order valence-electron chi connectivity index (χ0n) is 12.6. The number of carbonyl (C=O) groups excluding carboxylic acids is 1. The molecule has 0 radical (unpaired) electrons. The van der Waals surface area contributed by atoms with Gasteiger partial charge in [-0.05, 0) is 37.3 Å². The van der Waals surface area contributed by atoms with Gasteiger partial charge in [-0.1, -0.05) is 0 Å². The van der Waals surface area contributed by atoms with Crippen LogP contribution < -0.4 is 10.2 Å². The molecule has 2 aromatic heterocycles. The largest absolute Gasteiger partial charge is 0.479 e. The topological polar surface area (TPSA) is 78.9 Å². The molecule has 6 heteroatoms. The van der Waals surface area contributed by atoms with Gasteiger partial charge >= 0.3 is 5.97 Å². The molecule has 23 heavy (non-hydrogen) atoms. The first-order valence-corrected chi connectivity index (χ1v) is 6.95. The molecule has 0 N–H and O–H groups in total. The molecule has 0 amide bonds. The van der Waals surface area contributed by atoms with Gasteiger partial charge in [-0.25, -0.2) is 4.79 Å². The van der Waals surface area contributed by atoms with E-state index in [1.54, 1.807) is 31.2 Å². The van der Waals surface area contributed by atoms with Crippen molar-refractivity contribution in [2.24, 2.45) is 0 Å². The molecule has 6 nitrogen and oxygen atoms in total. The summed E-state index contributed by atoms with van der Waals surface area (Å²) in [5.74, 6) is 0.714. The summed E-state index contributed by atoms with van der Waals surface area (Å²) in [5.41, 5.74) is 0.177. The molecular weight excluding hydrogens is 300 g/mol. The van der Waals surface area contributed by atoms with Crippen molar-refractivity contribution in [1.29, 1.82) is 0 Å². The van der Waals surface area contributed by atoms with Crippen LogP contribution in [0, 0.1) is 0 Å². The molecule has 1 atom stereocenters. The molecule has 3 rings (SSSR count). The average Bonchev–Trinajstić information content (AvgIpc) is 3.09. The minimum atomic E-state index is -0.771. The van der Waals surface area contributed by atoms with Crippen LogP contribution in [0.4, 0.5) is 0 Å². The number of benzene rings is 1. The second kappa shape index (κ2) is 6.00. The van der Waals surface area contributed by atoms with Gasteiger partial charge in [0.15, 0.2) is 23.1 Å². The van der Waals surface area contributed by atoms with Gasteiger partial charge in [0, 0.05) is 6.07 Å². The Labute approximate surface area is 131 Å². The lowest BCUT2D eigenvalue weighted by Crippen LogP contribution is -2.24. The summed E-state index contributed by atoms with van der Waals surface area (Å²) in [6.45, 7) is 1.57. The summed E-state index contributed by atoms with van der Waals surface area (Å²) in [7, 11) is 1.29. The Balaban J connectivity index is 1.98. The molecular formula is C17H14O6. The van der Waals surface area contributed by atoms with E-state index < -0.39 is 12.1 Å². The standard InChI is InChI=1S/C17H14O6/c1-10(17(19)20-2)22-11-5-6-14-12(8-11)13(18)9-16(23-14)15-4-3-7-21-15/h3-10H,1-2H3. The first kappa shape index (κ1) is 14.9. The van der Waals surface area contributed by atoms with Gasteiger partial charge in [0.2, 0.25) is 0 Å². The molecule has 1 unspecified atom stereocenters. The lowest BCUT2D eigenvalue weighted by molar-refractivity contribution is -0.147. The van der Waals surface area contributed by atoms with E-state index in [0.717, 1.165) is 0 Å². The fraction of sp³-hybridized carbons (Fsp3) is 0.176. The average molecular weight is 314 g/mol. The second-order valence-corrected chi connectivity index (χ2v) is 4.89. The molecule has 3 aromatic rings. The number of hydrogen-bond acceptors (Lipinski definition) is 6. The first-order chi connectivity index (χ1) is 11.1. The van der Waals surface area contributed by atoms with Crippen LogP contribution in [0.15, 0.2) is 56.3 Å². The van der Waals surface area contributed by atoms with E-state index in [1.807, 2.05) is 0 Å². The van der Waals surface area contributed by atoms with Crippen molar-refractivity contribution in [2.75, 3.05) is 7.11 Å². The van der Waals surface area contributed by atoms with Crippen LogP contribution in [-0.2, 0) is 9.53 Å². The van der Waals surface area contributed by atoms with Gasteiger partial charge in [-0.15, -0.1) is 0 Å². The molecule has 2 heterocycles. The van der Waals surface area contributed by atoms with E-state index in [2.05, 4.69) is 4.74 Å². The molecule has 0 saturated heterocycles. The third kappa shape index (κ3) is 2.96. The molecule has 0 aliphatic rings. The van der Waals surface area contributed by atoms with Crippen LogP contribution in [-0.4, -0.2) is 19.2 Å². The van der Waals surface area contributed by atoms with Crippen LogP contribution >= 0.6 is 0 Å². The lowest BCUT2D eigenvalue weighted by Gasteiger charge is -2.12. The highest BCUT2D eigenvalue weighted by Gasteiger charge is 2.16. The maximum absolute atomic E-state index is 12.3. The Bertz CT molecular complexity index is 891. The molecule has 1 aromatic carbocycles. The van der Waals surface area contributed by atoms with Crippen molar-refractivity contribution in [3.05, 3.63) is 52.9 Å². The molecule has 0 bridgehead atoms. The quantitative estimate of drug-likeness (QED) is 0.689. The third-order valence-electron chi connectivity index (χ3n) is 3.31. The van der Waals surface area contributed by atoms with Crippen molar-refractivity contribution in [3.8, 4) is 17.3 Å². The SMILES string of the molecule is COC(=O)C(C)Oc1ccc2oc(-c3ccco3)cc(=O)c2c1. The summed E-state index contributed by atoms with van der Waals surface area (Å²) in [5, 5.41) is 0.356. The van der Waals surface area contributed by atoms with E-state index >= 15 is 0 Å². The van der Waals surface area contributed by atoms with E-state index in [0.29, 0.717) is 28.2 Å². The summed E-state index contributed by atoms with van der Waals surface area (Å²) in [4.78, 5) is 23.7. The Morgan fingerprint density at radius 3 is 2.70 bits per heavy atom. The van der Waals surface area contributed by atoms with E-state index in [1.165, 1.54) is 25.5 Å². The number of methoxy groups -OCH3 is 1. The van der Waals surface area contributed by atoms with Crippen LogP contribution in [0.2, 0.25) is 0 Å². The maximum atomic E-state index is 12.3. The second-order valence-electron chi connectivity index (χ2n) is 4.89. The fourth-order valence-electron chi connectivity index (χ4n) is 2.17. The van der Waals surface area contributed by atoms with Crippen molar-refractivity contribution < 1.29 is 23.1 Å². The highest BCUT2D eigenvalue weighted by Crippen LogP contribution is 2.25. The lowest BCUT2D eigenvalue weighted by atomic mass is 10.2. The van der Waals surface area contributed by atoms with Crippen LogP contribution in [0.1, 0.15) is 6.92 Å². The minimum Gasteiger partial charge on any atom is -0.479 e. The minimum absolute atomic E-state index is 0.228. The normalized spacial score (nSPS) is 12.1. The first-order valence-electron chi connectivity index (χ1n) is 6.95. The molecule has 0 spiro atoms. The van der Waals surface area contributed by atoms with Crippen LogP contribution in [0.3, 0.4) is 0 Å². The number of carbonyl (C=O) groups is 1. The molecule has 0 aliphatic heterocycles. The smallest absolute Gasteiger partial charge is 0.346 e. The van der Waals surface area contributed by atoms with Gasteiger partial charge < -0.3 is 18.3 Å². The zero-order chi connectivity index (χ0) is 16.4. The van der Waals surface area contributed by atoms with Crippen LogP contribution in [0.5, 0.6) is 5.75 Å². The number of furan rings is 1. The summed E-state index contributed by atoms with van der Waals surface area (Å²) in [6.07, 6.45) is 0.733. The highest BCUT2D eigenvalue weighted by molar-refractivity contribution is 5.80. The Kier molecular flexibility index (Phi) is 3.89. The van der Waals surface area contributed by atoms with Gasteiger partial charge in [-0.3, -0.25) is 4.79 Å². The van der Waals surface area contributed by atoms with Crippen molar-refractivity contribution >= 4 is 16.9 Å². The molecule has 0 saturated carbocycles. The number of fused-ring (bicyclic) bond motifs is 1.